The fourth-order valence-corrected chi connectivity index (χ4v) is 2.25. The molecule has 1 aromatic carbocycles. The minimum atomic E-state index is -0.262. The molecule has 2 amide bonds. The standard InChI is InChI=1S/C17H19N3O4/c1-12(14-4-2-3-7-18-14)20-17(21)19-8-9-22-13-5-6-15-16(10-13)24-11-23-15/h2-7,10,12H,8-9,11H2,1H3,(H2,19,20,21)/t12-/m0/s1. The largest absolute Gasteiger partial charge is 0.492 e. The number of carbonyl (C=O) groups is 1. The van der Waals surface area contributed by atoms with E-state index in [1.54, 1.807) is 24.4 Å². The van der Waals surface area contributed by atoms with Crippen LogP contribution in [0.15, 0.2) is 42.6 Å². The van der Waals surface area contributed by atoms with Gasteiger partial charge in [-0.05, 0) is 31.2 Å². The Morgan fingerprint density at radius 2 is 2.17 bits per heavy atom. The van der Waals surface area contributed by atoms with Crippen molar-refractivity contribution in [3.63, 3.8) is 0 Å². The molecule has 0 spiro atoms. The van der Waals surface area contributed by atoms with Gasteiger partial charge in [0.1, 0.15) is 12.4 Å². The summed E-state index contributed by atoms with van der Waals surface area (Å²) in [6, 6.07) is 10.5. The third-order valence-corrected chi connectivity index (χ3v) is 3.48. The van der Waals surface area contributed by atoms with Gasteiger partial charge in [-0.25, -0.2) is 4.79 Å². The molecule has 0 saturated carbocycles. The first-order valence-electron chi connectivity index (χ1n) is 7.70. The average molecular weight is 329 g/mol. The molecule has 7 heteroatoms. The molecule has 0 unspecified atom stereocenters. The summed E-state index contributed by atoms with van der Waals surface area (Å²) >= 11 is 0. The molecule has 126 valence electrons. The predicted molar refractivity (Wildman–Crippen MR) is 87.2 cm³/mol. The van der Waals surface area contributed by atoms with Crippen molar-refractivity contribution < 1.29 is 19.0 Å². The molecule has 24 heavy (non-hydrogen) atoms. The summed E-state index contributed by atoms with van der Waals surface area (Å²) in [4.78, 5) is 16.1. The molecule has 0 aliphatic carbocycles. The minimum Gasteiger partial charge on any atom is -0.492 e. The SMILES string of the molecule is C[C@H](NC(=O)NCCOc1ccc2c(c1)OCO2)c1ccccn1. The highest BCUT2D eigenvalue weighted by Crippen LogP contribution is 2.34. The molecule has 7 nitrogen and oxygen atoms in total. The molecule has 1 atom stereocenters. The number of nitrogens with one attached hydrogen (secondary N) is 2. The molecule has 3 rings (SSSR count). The van der Waals surface area contributed by atoms with Crippen LogP contribution in [-0.4, -0.2) is 31.0 Å². The predicted octanol–water partition coefficient (Wildman–Crippen LogP) is 2.25. The summed E-state index contributed by atoms with van der Waals surface area (Å²) in [6.45, 7) is 2.85. The van der Waals surface area contributed by atoms with Crippen LogP contribution in [0.5, 0.6) is 17.2 Å². The molecule has 1 aromatic heterocycles. The number of amides is 2. The van der Waals surface area contributed by atoms with E-state index in [4.69, 9.17) is 14.2 Å². The average Bonchev–Trinajstić information content (AvgIpc) is 3.07. The van der Waals surface area contributed by atoms with Gasteiger partial charge >= 0.3 is 6.03 Å². The number of pyridine rings is 1. The summed E-state index contributed by atoms with van der Waals surface area (Å²) < 4.78 is 16.1. The zero-order chi connectivity index (χ0) is 16.8. The number of hydrogen-bond donors (Lipinski definition) is 2. The van der Waals surface area contributed by atoms with Crippen molar-refractivity contribution >= 4 is 6.03 Å². The van der Waals surface area contributed by atoms with E-state index in [9.17, 15) is 4.79 Å². The van der Waals surface area contributed by atoms with Crippen LogP contribution < -0.4 is 24.8 Å². The highest BCUT2D eigenvalue weighted by Gasteiger charge is 2.14. The maximum absolute atomic E-state index is 11.8. The van der Waals surface area contributed by atoms with Gasteiger partial charge in [0.05, 0.1) is 18.3 Å². The number of aromatic nitrogens is 1. The summed E-state index contributed by atoms with van der Waals surface area (Å²) in [5, 5.41) is 5.57. The van der Waals surface area contributed by atoms with Crippen molar-refractivity contribution in [3.8, 4) is 17.2 Å². The second kappa shape index (κ2) is 7.54. The van der Waals surface area contributed by atoms with Crippen LogP contribution in [0, 0.1) is 0 Å². The number of nitrogens with zero attached hydrogens (tertiary/aromatic N) is 1. The first kappa shape index (κ1) is 15.9. The molecule has 0 radical (unpaired) electrons. The summed E-state index contributed by atoms with van der Waals surface area (Å²) in [6.07, 6.45) is 1.70. The van der Waals surface area contributed by atoms with Crippen LogP contribution in [0.4, 0.5) is 4.79 Å². The van der Waals surface area contributed by atoms with E-state index in [0.29, 0.717) is 30.4 Å². The van der Waals surface area contributed by atoms with Gasteiger partial charge in [-0.15, -0.1) is 0 Å². The van der Waals surface area contributed by atoms with Crippen LogP contribution in [0.25, 0.3) is 0 Å². The van der Waals surface area contributed by atoms with Crippen molar-refractivity contribution in [2.24, 2.45) is 0 Å². The highest BCUT2D eigenvalue weighted by atomic mass is 16.7. The first-order chi connectivity index (χ1) is 11.7. The lowest BCUT2D eigenvalue weighted by atomic mass is 10.2. The Morgan fingerprint density at radius 3 is 3.00 bits per heavy atom. The van der Waals surface area contributed by atoms with Crippen LogP contribution >= 0.6 is 0 Å². The normalized spacial score (nSPS) is 13.2. The van der Waals surface area contributed by atoms with E-state index in [2.05, 4.69) is 15.6 Å². The number of benzene rings is 1. The van der Waals surface area contributed by atoms with Crippen molar-refractivity contribution in [1.29, 1.82) is 0 Å². The maximum atomic E-state index is 11.8. The molecule has 1 aliphatic heterocycles. The van der Waals surface area contributed by atoms with E-state index >= 15 is 0 Å². The molecule has 2 heterocycles. The van der Waals surface area contributed by atoms with Crippen LogP contribution in [-0.2, 0) is 0 Å². The number of ether oxygens (including phenoxy) is 3. The minimum absolute atomic E-state index is 0.166. The highest BCUT2D eigenvalue weighted by molar-refractivity contribution is 5.74. The third kappa shape index (κ3) is 4.07. The second-order valence-corrected chi connectivity index (χ2v) is 5.24. The summed E-state index contributed by atoms with van der Waals surface area (Å²) in [7, 11) is 0. The molecule has 1 aliphatic rings. The van der Waals surface area contributed by atoms with Crippen molar-refractivity contribution in [2.75, 3.05) is 19.9 Å². The fraction of sp³-hybridized carbons (Fsp3) is 0.294. The number of hydrogen-bond acceptors (Lipinski definition) is 5. The Kier molecular flexibility index (Phi) is 5.00. The molecule has 2 aromatic rings. The van der Waals surface area contributed by atoms with Gasteiger partial charge in [0.2, 0.25) is 6.79 Å². The Morgan fingerprint density at radius 1 is 1.29 bits per heavy atom. The molecular formula is C17H19N3O4. The van der Waals surface area contributed by atoms with E-state index in [-0.39, 0.29) is 18.9 Å². The summed E-state index contributed by atoms with van der Waals surface area (Å²) in [5.74, 6) is 2.05. The molecular weight excluding hydrogens is 310 g/mol. The zero-order valence-corrected chi connectivity index (χ0v) is 13.3. The van der Waals surface area contributed by atoms with Gasteiger partial charge in [0.15, 0.2) is 11.5 Å². The lowest BCUT2D eigenvalue weighted by molar-refractivity contribution is 0.173. The smallest absolute Gasteiger partial charge is 0.315 e. The molecule has 0 fully saturated rings. The molecule has 0 bridgehead atoms. The summed E-state index contributed by atoms with van der Waals surface area (Å²) in [5.41, 5.74) is 0.809. The quantitative estimate of drug-likeness (QED) is 0.795. The van der Waals surface area contributed by atoms with E-state index in [1.807, 2.05) is 25.1 Å². The Bertz CT molecular complexity index is 693. The fourth-order valence-electron chi connectivity index (χ4n) is 2.25. The molecule has 0 saturated heterocycles. The van der Waals surface area contributed by atoms with Gasteiger partial charge in [-0.3, -0.25) is 4.98 Å². The van der Waals surface area contributed by atoms with E-state index in [1.165, 1.54) is 0 Å². The van der Waals surface area contributed by atoms with Crippen LogP contribution in [0.2, 0.25) is 0 Å². The van der Waals surface area contributed by atoms with Crippen LogP contribution in [0.3, 0.4) is 0 Å². The Hall–Kier alpha value is -2.96. The van der Waals surface area contributed by atoms with Crippen molar-refractivity contribution in [1.82, 2.24) is 15.6 Å². The van der Waals surface area contributed by atoms with Gasteiger partial charge in [0, 0.05) is 12.3 Å². The Labute approximate surface area is 139 Å². The first-order valence-corrected chi connectivity index (χ1v) is 7.70. The van der Waals surface area contributed by atoms with Crippen molar-refractivity contribution in [2.45, 2.75) is 13.0 Å². The monoisotopic (exact) mass is 329 g/mol. The Balaban J connectivity index is 1.38. The molecule has 2 N–H and O–H groups in total. The van der Waals surface area contributed by atoms with Crippen LogP contribution in [0.1, 0.15) is 18.7 Å². The van der Waals surface area contributed by atoms with Gasteiger partial charge < -0.3 is 24.8 Å². The lowest BCUT2D eigenvalue weighted by Crippen LogP contribution is -2.39. The second-order valence-electron chi connectivity index (χ2n) is 5.24. The topological polar surface area (TPSA) is 81.7 Å². The zero-order valence-electron chi connectivity index (χ0n) is 13.3. The lowest BCUT2D eigenvalue weighted by Gasteiger charge is -2.14. The number of rotatable bonds is 6. The van der Waals surface area contributed by atoms with Gasteiger partial charge in [0.25, 0.3) is 0 Å². The number of carbonyl (C=O) groups excluding carboxylic acids is 1. The van der Waals surface area contributed by atoms with Crippen molar-refractivity contribution in [3.05, 3.63) is 48.3 Å². The third-order valence-electron chi connectivity index (χ3n) is 3.48. The van der Waals surface area contributed by atoms with Gasteiger partial charge in [-0.1, -0.05) is 6.07 Å². The van der Waals surface area contributed by atoms with E-state index in [0.717, 1.165) is 5.69 Å². The van der Waals surface area contributed by atoms with Gasteiger partial charge in [-0.2, -0.15) is 0 Å². The number of fused-ring (bicyclic) bond motifs is 1. The maximum Gasteiger partial charge on any atom is 0.315 e. The number of urea groups is 1. The van der Waals surface area contributed by atoms with E-state index < -0.39 is 0 Å².